The minimum absolute atomic E-state index is 0.321. The summed E-state index contributed by atoms with van der Waals surface area (Å²) in [6.07, 6.45) is 14.4. The first-order chi connectivity index (χ1) is 14.2. The highest BCUT2D eigenvalue weighted by Gasteiger charge is 2.10. The van der Waals surface area contributed by atoms with E-state index >= 15 is 0 Å². The van der Waals surface area contributed by atoms with Crippen LogP contribution in [0.25, 0.3) is 6.08 Å². The molecule has 164 valence electrons. The Hall–Kier alpha value is -1.97. The van der Waals surface area contributed by atoms with Crippen molar-refractivity contribution < 1.29 is 19.0 Å². The Kier molecular flexibility index (Phi) is 14.6. The number of carbonyl (C=O) groups is 1. The van der Waals surface area contributed by atoms with Crippen LogP contribution in [0.15, 0.2) is 24.3 Å². The molecule has 0 atom stereocenters. The Morgan fingerprint density at radius 1 is 0.793 bits per heavy atom. The van der Waals surface area contributed by atoms with Crippen LogP contribution in [0.4, 0.5) is 0 Å². The summed E-state index contributed by atoms with van der Waals surface area (Å²) < 4.78 is 17.3. The molecule has 1 rings (SSSR count). The molecule has 4 heteroatoms. The topological polar surface area (TPSA) is 44.8 Å². The summed E-state index contributed by atoms with van der Waals surface area (Å²) in [7, 11) is 0. The summed E-state index contributed by atoms with van der Waals surface area (Å²) in [5.74, 6) is 1.15. The van der Waals surface area contributed by atoms with Gasteiger partial charge in [0.2, 0.25) is 0 Å². The van der Waals surface area contributed by atoms with Crippen LogP contribution in [-0.4, -0.2) is 25.8 Å². The number of benzene rings is 1. The third-order valence-electron chi connectivity index (χ3n) is 4.65. The molecular formula is C25H40O4. The number of para-hydroxylation sites is 1. The van der Waals surface area contributed by atoms with E-state index in [9.17, 15) is 4.79 Å². The first-order valence-electron chi connectivity index (χ1n) is 11.5. The van der Waals surface area contributed by atoms with E-state index < -0.39 is 0 Å². The van der Waals surface area contributed by atoms with Crippen LogP contribution >= 0.6 is 0 Å². The maximum Gasteiger partial charge on any atom is 0.330 e. The zero-order valence-corrected chi connectivity index (χ0v) is 18.7. The summed E-state index contributed by atoms with van der Waals surface area (Å²) in [5.41, 5.74) is 0.846. The van der Waals surface area contributed by atoms with Gasteiger partial charge in [-0.05, 0) is 31.4 Å². The van der Waals surface area contributed by atoms with Crippen LogP contribution in [0.2, 0.25) is 0 Å². The van der Waals surface area contributed by atoms with E-state index in [2.05, 4.69) is 20.8 Å². The molecular weight excluding hydrogens is 364 g/mol. The van der Waals surface area contributed by atoms with Crippen molar-refractivity contribution in [1.29, 1.82) is 0 Å². The third-order valence-corrected chi connectivity index (χ3v) is 4.65. The van der Waals surface area contributed by atoms with E-state index in [0.29, 0.717) is 19.8 Å². The van der Waals surface area contributed by atoms with E-state index in [1.807, 2.05) is 18.2 Å². The van der Waals surface area contributed by atoms with Gasteiger partial charge in [0.15, 0.2) is 11.5 Å². The van der Waals surface area contributed by atoms with E-state index in [0.717, 1.165) is 49.2 Å². The summed E-state index contributed by atoms with van der Waals surface area (Å²) >= 11 is 0. The van der Waals surface area contributed by atoms with E-state index in [1.165, 1.54) is 38.2 Å². The van der Waals surface area contributed by atoms with Crippen LogP contribution in [0.5, 0.6) is 11.5 Å². The molecule has 0 saturated carbocycles. The first-order valence-corrected chi connectivity index (χ1v) is 11.5. The van der Waals surface area contributed by atoms with E-state index in [1.54, 1.807) is 6.08 Å². The minimum atomic E-state index is -0.321. The van der Waals surface area contributed by atoms with Gasteiger partial charge >= 0.3 is 5.97 Å². The molecule has 0 N–H and O–H groups in total. The lowest BCUT2D eigenvalue weighted by molar-refractivity contribution is -0.137. The van der Waals surface area contributed by atoms with Crippen LogP contribution < -0.4 is 9.47 Å². The lowest BCUT2D eigenvalue weighted by Crippen LogP contribution is -2.05. The van der Waals surface area contributed by atoms with Gasteiger partial charge in [-0.25, -0.2) is 4.79 Å². The maximum absolute atomic E-state index is 11.9. The van der Waals surface area contributed by atoms with Crippen molar-refractivity contribution in [1.82, 2.24) is 0 Å². The van der Waals surface area contributed by atoms with Crippen molar-refractivity contribution in [2.45, 2.75) is 85.0 Å². The fourth-order valence-corrected chi connectivity index (χ4v) is 2.87. The number of unbranched alkanes of at least 4 members (excludes halogenated alkanes) is 7. The second kappa shape index (κ2) is 16.9. The third kappa shape index (κ3) is 11.6. The van der Waals surface area contributed by atoms with Crippen molar-refractivity contribution in [3.8, 4) is 11.5 Å². The van der Waals surface area contributed by atoms with Gasteiger partial charge in [0.1, 0.15) is 0 Å². The second-order valence-corrected chi connectivity index (χ2v) is 7.35. The Labute approximate surface area is 177 Å². The number of ether oxygens (including phenoxy) is 3. The van der Waals surface area contributed by atoms with Crippen molar-refractivity contribution in [2.24, 2.45) is 0 Å². The van der Waals surface area contributed by atoms with Crippen molar-refractivity contribution in [3.05, 3.63) is 29.8 Å². The number of hydrogen-bond donors (Lipinski definition) is 0. The molecule has 0 heterocycles. The molecule has 0 aromatic heterocycles. The van der Waals surface area contributed by atoms with Gasteiger partial charge in [-0.3, -0.25) is 0 Å². The Balaban J connectivity index is 2.77. The van der Waals surface area contributed by atoms with Crippen molar-refractivity contribution in [3.63, 3.8) is 0 Å². The van der Waals surface area contributed by atoms with Gasteiger partial charge in [0.25, 0.3) is 0 Å². The zero-order valence-electron chi connectivity index (χ0n) is 18.7. The molecule has 1 aromatic rings. The van der Waals surface area contributed by atoms with Gasteiger partial charge < -0.3 is 14.2 Å². The van der Waals surface area contributed by atoms with Crippen LogP contribution in [-0.2, 0) is 9.53 Å². The summed E-state index contributed by atoms with van der Waals surface area (Å²) in [6.45, 7) is 8.26. The quantitative estimate of drug-likeness (QED) is 0.160. The zero-order chi connectivity index (χ0) is 21.2. The SMILES string of the molecule is CCCCCCOc1cccc(C=CC(=O)OCCCC)c1OCCCCCC. The second-order valence-electron chi connectivity index (χ2n) is 7.35. The molecule has 0 radical (unpaired) electrons. The molecule has 0 aliphatic carbocycles. The average Bonchev–Trinajstić information content (AvgIpc) is 2.73. The Morgan fingerprint density at radius 2 is 1.45 bits per heavy atom. The lowest BCUT2D eigenvalue weighted by atomic mass is 10.1. The predicted molar refractivity (Wildman–Crippen MR) is 121 cm³/mol. The molecule has 0 bridgehead atoms. The Bertz CT molecular complexity index is 580. The molecule has 0 saturated heterocycles. The van der Waals surface area contributed by atoms with Gasteiger partial charge in [-0.1, -0.05) is 77.8 Å². The van der Waals surface area contributed by atoms with E-state index in [4.69, 9.17) is 14.2 Å². The number of esters is 1. The normalized spacial score (nSPS) is 11.0. The fraction of sp³-hybridized carbons (Fsp3) is 0.640. The summed E-state index contributed by atoms with van der Waals surface area (Å²) in [6, 6.07) is 5.83. The van der Waals surface area contributed by atoms with Crippen molar-refractivity contribution in [2.75, 3.05) is 19.8 Å². The largest absolute Gasteiger partial charge is 0.490 e. The van der Waals surface area contributed by atoms with Crippen molar-refractivity contribution >= 4 is 12.0 Å². The molecule has 29 heavy (non-hydrogen) atoms. The maximum atomic E-state index is 11.9. The molecule has 0 aliphatic heterocycles. The highest BCUT2D eigenvalue weighted by Crippen LogP contribution is 2.33. The number of carbonyl (C=O) groups excluding carboxylic acids is 1. The molecule has 0 fully saturated rings. The number of hydrogen-bond acceptors (Lipinski definition) is 4. The van der Waals surface area contributed by atoms with Gasteiger partial charge in [-0.2, -0.15) is 0 Å². The van der Waals surface area contributed by atoms with Crippen LogP contribution in [0, 0.1) is 0 Å². The predicted octanol–water partition coefficient (Wildman–Crippen LogP) is 6.96. The molecule has 1 aromatic carbocycles. The van der Waals surface area contributed by atoms with Gasteiger partial charge in [0.05, 0.1) is 19.8 Å². The van der Waals surface area contributed by atoms with Gasteiger partial charge in [0, 0.05) is 11.6 Å². The first kappa shape index (κ1) is 25.1. The molecule has 4 nitrogen and oxygen atoms in total. The van der Waals surface area contributed by atoms with E-state index in [-0.39, 0.29) is 5.97 Å². The van der Waals surface area contributed by atoms with Crippen LogP contribution in [0.1, 0.15) is 90.5 Å². The molecule has 0 unspecified atom stereocenters. The van der Waals surface area contributed by atoms with Crippen LogP contribution in [0.3, 0.4) is 0 Å². The standard InChI is InChI=1S/C25H40O4/c1-4-7-10-12-20-27-23-16-14-15-22(17-18-24(26)28-19-9-6-3)25(23)29-21-13-11-8-5-2/h14-18H,4-13,19-21H2,1-3H3. The minimum Gasteiger partial charge on any atom is -0.490 e. The monoisotopic (exact) mass is 404 g/mol. The smallest absolute Gasteiger partial charge is 0.330 e. The number of rotatable bonds is 17. The molecule has 0 amide bonds. The summed E-state index contributed by atoms with van der Waals surface area (Å²) in [4.78, 5) is 11.9. The summed E-state index contributed by atoms with van der Waals surface area (Å²) in [5, 5.41) is 0. The highest BCUT2D eigenvalue weighted by molar-refractivity contribution is 5.87. The molecule has 0 spiro atoms. The molecule has 0 aliphatic rings. The average molecular weight is 405 g/mol. The lowest BCUT2D eigenvalue weighted by Gasteiger charge is -2.15. The highest BCUT2D eigenvalue weighted by atomic mass is 16.5. The van der Waals surface area contributed by atoms with Gasteiger partial charge in [-0.15, -0.1) is 0 Å². The fourth-order valence-electron chi connectivity index (χ4n) is 2.87. The Morgan fingerprint density at radius 3 is 2.10 bits per heavy atom.